The van der Waals surface area contributed by atoms with Gasteiger partial charge in [0.25, 0.3) is 0 Å². The monoisotopic (exact) mass is 293 g/mol. The van der Waals surface area contributed by atoms with Crippen molar-refractivity contribution < 1.29 is 24.3 Å². The van der Waals surface area contributed by atoms with E-state index in [9.17, 15) is 14.8 Å². The molecule has 0 radical (unpaired) electrons. The van der Waals surface area contributed by atoms with Gasteiger partial charge < -0.3 is 24.8 Å². The summed E-state index contributed by atoms with van der Waals surface area (Å²) in [4.78, 5) is 11.8. The lowest BCUT2D eigenvalue weighted by molar-refractivity contribution is 0.0390. The lowest BCUT2D eigenvalue weighted by Crippen LogP contribution is -2.39. The highest BCUT2D eigenvalue weighted by atomic mass is 16.6. The van der Waals surface area contributed by atoms with Crippen molar-refractivity contribution in [2.75, 3.05) is 6.61 Å². The zero-order chi connectivity index (χ0) is 15.6. The number of hydrogen-bond donors (Lipinski definition) is 3. The molecule has 0 saturated carbocycles. The van der Waals surface area contributed by atoms with E-state index < -0.39 is 18.8 Å². The van der Waals surface area contributed by atoms with Crippen molar-refractivity contribution in [1.29, 1.82) is 0 Å². The van der Waals surface area contributed by atoms with E-state index in [1.165, 1.54) is 0 Å². The molecule has 0 unspecified atom stereocenters. The van der Waals surface area contributed by atoms with E-state index in [1.807, 2.05) is 0 Å². The second-order valence-corrected chi connectivity index (χ2v) is 6.05. The first-order valence-corrected chi connectivity index (χ1v) is 6.82. The third kappa shape index (κ3) is 4.20. The van der Waals surface area contributed by atoms with Crippen LogP contribution in [0.5, 0.6) is 0 Å². The summed E-state index contributed by atoms with van der Waals surface area (Å²) in [5.74, 6) is 0. The molecule has 3 N–H and O–H groups in total. The lowest BCUT2D eigenvalue weighted by atomic mass is 9.78. The maximum absolute atomic E-state index is 11.8. The maximum Gasteiger partial charge on any atom is 0.488 e. The summed E-state index contributed by atoms with van der Waals surface area (Å²) in [7, 11) is -1.52. The Morgan fingerprint density at radius 1 is 1.43 bits per heavy atom. The Balaban J connectivity index is 2.13. The molecule has 6 nitrogen and oxygen atoms in total. The summed E-state index contributed by atoms with van der Waals surface area (Å²) in [6.07, 6.45) is -0.504. The molecule has 1 aromatic carbocycles. The first kappa shape index (κ1) is 15.8. The number of nitrogens with one attached hydrogen (secondary N) is 1. The van der Waals surface area contributed by atoms with Crippen LogP contribution in [0.15, 0.2) is 18.2 Å². The van der Waals surface area contributed by atoms with Gasteiger partial charge in [0.05, 0.1) is 19.3 Å². The van der Waals surface area contributed by atoms with Gasteiger partial charge in [-0.1, -0.05) is 18.2 Å². The normalized spacial score (nSPS) is 17.9. The van der Waals surface area contributed by atoms with E-state index in [1.54, 1.807) is 39.0 Å². The van der Waals surface area contributed by atoms with Crippen molar-refractivity contribution in [3.63, 3.8) is 0 Å². The average Bonchev–Trinajstić information content (AvgIpc) is 2.36. The molecule has 0 spiro atoms. The highest BCUT2D eigenvalue weighted by molar-refractivity contribution is 6.58. The predicted octanol–water partition coefficient (Wildman–Crippen LogP) is 0.462. The van der Waals surface area contributed by atoms with Crippen LogP contribution in [0.4, 0.5) is 4.79 Å². The summed E-state index contributed by atoms with van der Waals surface area (Å²) in [5.41, 5.74) is 1.56. The molecule has 0 aromatic heterocycles. The Morgan fingerprint density at radius 3 is 2.76 bits per heavy atom. The number of ether oxygens (including phenoxy) is 2. The molecule has 0 saturated heterocycles. The van der Waals surface area contributed by atoms with Gasteiger partial charge in [-0.2, -0.15) is 0 Å². The van der Waals surface area contributed by atoms with Gasteiger partial charge in [0.2, 0.25) is 0 Å². The number of alkyl carbamates (subject to hydrolysis) is 1. The minimum Gasteiger partial charge on any atom is -0.444 e. The summed E-state index contributed by atoms with van der Waals surface area (Å²) in [6, 6.07) is 4.75. The molecule has 1 heterocycles. The molecule has 21 heavy (non-hydrogen) atoms. The fourth-order valence-electron chi connectivity index (χ4n) is 2.20. The molecule has 114 valence electrons. The van der Waals surface area contributed by atoms with Crippen molar-refractivity contribution in [2.24, 2.45) is 0 Å². The van der Waals surface area contributed by atoms with Crippen molar-refractivity contribution in [1.82, 2.24) is 5.32 Å². The smallest absolute Gasteiger partial charge is 0.444 e. The van der Waals surface area contributed by atoms with Crippen LogP contribution in [0.3, 0.4) is 0 Å². The first-order chi connectivity index (χ1) is 9.76. The molecule has 7 heteroatoms. The van der Waals surface area contributed by atoms with Gasteiger partial charge in [0, 0.05) is 0 Å². The number of fused-ring (bicyclic) bond motifs is 1. The number of carbonyl (C=O) groups is 1. The molecule has 1 aliphatic heterocycles. The quantitative estimate of drug-likeness (QED) is 0.690. The molecule has 1 aliphatic rings. The predicted molar refractivity (Wildman–Crippen MR) is 78.0 cm³/mol. The van der Waals surface area contributed by atoms with Crippen LogP contribution in [0.25, 0.3) is 0 Å². The van der Waals surface area contributed by atoms with Gasteiger partial charge in [-0.05, 0) is 37.4 Å². The third-order valence-corrected chi connectivity index (χ3v) is 3.07. The van der Waals surface area contributed by atoms with Crippen molar-refractivity contribution in [2.45, 2.75) is 39.0 Å². The van der Waals surface area contributed by atoms with Crippen LogP contribution in [0.2, 0.25) is 0 Å². The average molecular weight is 293 g/mol. The SMILES string of the molecule is CC(C)(C)OC(=O)N[C@@H]1COCc2cc(B(O)O)ccc21. The van der Waals surface area contributed by atoms with Crippen LogP contribution >= 0.6 is 0 Å². The fourth-order valence-corrected chi connectivity index (χ4v) is 2.20. The topological polar surface area (TPSA) is 88.0 Å². The van der Waals surface area contributed by atoms with Gasteiger partial charge in [0.15, 0.2) is 0 Å². The maximum atomic E-state index is 11.8. The Hall–Kier alpha value is -1.57. The Labute approximate surface area is 124 Å². The van der Waals surface area contributed by atoms with Crippen LogP contribution in [-0.4, -0.2) is 35.5 Å². The molecule has 0 aliphatic carbocycles. The number of hydrogen-bond acceptors (Lipinski definition) is 5. The summed E-state index contributed by atoms with van der Waals surface area (Å²) in [6.45, 7) is 6.13. The van der Waals surface area contributed by atoms with Crippen LogP contribution in [0, 0.1) is 0 Å². The van der Waals surface area contributed by atoms with Crippen molar-refractivity contribution >= 4 is 18.7 Å². The second kappa shape index (κ2) is 6.05. The minimum atomic E-state index is -1.52. The summed E-state index contributed by atoms with van der Waals surface area (Å²) < 4.78 is 10.7. The van der Waals surface area contributed by atoms with E-state index >= 15 is 0 Å². The molecule has 0 fully saturated rings. The largest absolute Gasteiger partial charge is 0.488 e. The van der Waals surface area contributed by atoms with E-state index in [0.717, 1.165) is 11.1 Å². The molecule has 2 rings (SSSR count). The van der Waals surface area contributed by atoms with Crippen LogP contribution in [-0.2, 0) is 16.1 Å². The number of amides is 1. The fraction of sp³-hybridized carbons (Fsp3) is 0.500. The zero-order valence-electron chi connectivity index (χ0n) is 12.4. The second-order valence-electron chi connectivity index (χ2n) is 6.05. The standard InChI is InChI=1S/C14H20BNO5/c1-14(2,3)21-13(17)16-12-8-20-7-9-6-10(15(18)19)4-5-11(9)12/h4-6,12,18-19H,7-8H2,1-3H3,(H,16,17)/t12-/m1/s1. The van der Waals surface area contributed by atoms with E-state index in [-0.39, 0.29) is 6.04 Å². The first-order valence-electron chi connectivity index (χ1n) is 6.82. The minimum absolute atomic E-state index is 0.312. The highest BCUT2D eigenvalue weighted by Gasteiger charge is 2.26. The zero-order valence-corrected chi connectivity index (χ0v) is 12.4. The van der Waals surface area contributed by atoms with Gasteiger partial charge in [-0.3, -0.25) is 0 Å². The molecule has 1 atom stereocenters. The van der Waals surface area contributed by atoms with Crippen LogP contribution in [0.1, 0.15) is 37.9 Å². The number of rotatable bonds is 2. The van der Waals surface area contributed by atoms with Gasteiger partial charge in [-0.25, -0.2) is 4.79 Å². The van der Waals surface area contributed by atoms with Crippen molar-refractivity contribution in [3.05, 3.63) is 29.3 Å². The van der Waals surface area contributed by atoms with Gasteiger partial charge >= 0.3 is 13.2 Å². The Bertz CT molecular complexity index is 527. The van der Waals surface area contributed by atoms with E-state index in [4.69, 9.17) is 9.47 Å². The van der Waals surface area contributed by atoms with Crippen LogP contribution < -0.4 is 10.8 Å². The summed E-state index contributed by atoms with van der Waals surface area (Å²) in [5, 5.41) is 21.1. The molecule has 1 amide bonds. The molecule has 1 aromatic rings. The number of benzene rings is 1. The van der Waals surface area contributed by atoms with Crippen molar-refractivity contribution in [3.8, 4) is 0 Å². The lowest BCUT2D eigenvalue weighted by Gasteiger charge is -2.28. The number of carbonyl (C=O) groups excluding carboxylic acids is 1. The Morgan fingerprint density at radius 2 is 2.14 bits per heavy atom. The highest BCUT2D eigenvalue weighted by Crippen LogP contribution is 2.24. The molecule has 0 bridgehead atoms. The van der Waals surface area contributed by atoms with E-state index in [0.29, 0.717) is 18.7 Å². The van der Waals surface area contributed by atoms with Gasteiger partial charge in [0.1, 0.15) is 5.60 Å². The van der Waals surface area contributed by atoms with Gasteiger partial charge in [-0.15, -0.1) is 0 Å². The summed E-state index contributed by atoms with van der Waals surface area (Å²) >= 11 is 0. The third-order valence-electron chi connectivity index (χ3n) is 3.07. The molecular weight excluding hydrogens is 273 g/mol. The Kier molecular flexibility index (Phi) is 4.56. The van der Waals surface area contributed by atoms with E-state index in [2.05, 4.69) is 5.32 Å². The molecular formula is C14H20BNO5.